The first-order chi connectivity index (χ1) is 13.0. The molecule has 0 aliphatic rings. The van der Waals surface area contributed by atoms with Gasteiger partial charge in [-0.3, -0.25) is 14.5 Å². The molecule has 3 rings (SSSR count). The minimum atomic E-state index is -3.71. The molecule has 27 heavy (non-hydrogen) atoms. The van der Waals surface area contributed by atoms with Gasteiger partial charge in [0.05, 0.1) is 16.8 Å². The van der Waals surface area contributed by atoms with Gasteiger partial charge in [0, 0.05) is 18.3 Å². The van der Waals surface area contributed by atoms with Crippen molar-refractivity contribution in [2.75, 3.05) is 10.0 Å². The summed E-state index contributed by atoms with van der Waals surface area (Å²) < 4.78 is 27.2. The highest BCUT2D eigenvalue weighted by Gasteiger charge is 2.14. The van der Waals surface area contributed by atoms with E-state index in [2.05, 4.69) is 15.0 Å². The largest absolute Gasteiger partial charge is 0.326 e. The molecule has 0 atom stereocenters. The average Bonchev–Trinajstić information content (AvgIpc) is 2.68. The van der Waals surface area contributed by atoms with Crippen molar-refractivity contribution in [3.63, 3.8) is 0 Å². The Morgan fingerprint density at radius 2 is 1.63 bits per heavy atom. The van der Waals surface area contributed by atoms with Gasteiger partial charge in [-0.2, -0.15) is 0 Å². The summed E-state index contributed by atoms with van der Waals surface area (Å²) in [5.41, 5.74) is 2.03. The van der Waals surface area contributed by atoms with E-state index < -0.39 is 10.0 Å². The fourth-order valence-corrected chi connectivity index (χ4v) is 3.52. The molecule has 2 N–H and O–H groups in total. The van der Waals surface area contributed by atoms with E-state index in [1.54, 1.807) is 30.5 Å². The molecule has 0 radical (unpaired) electrons. The van der Waals surface area contributed by atoms with Crippen LogP contribution in [0.5, 0.6) is 0 Å². The van der Waals surface area contributed by atoms with Gasteiger partial charge in [-0.05, 0) is 48.4 Å². The number of carbonyl (C=O) groups excluding carboxylic acids is 1. The Bertz CT molecular complexity index is 990. The van der Waals surface area contributed by atoms with Crippen molar-refractivity contribution < 1.29 is 13.2 Å². The Morgan fingerprint density at radius 3 is 2.30 bits per heavy atom. The van der Waals surface area contributed by atoms with Crippen LogP contribution in [0.3, 0.4) is 0 Å². The van der Waals surface area contributed by atoms with Crippen molar-refractivity contribution in [2.24, 2.45) is 0 Å². The van der Waals surface area contributed by atoms with Crippen LogP contribution in [0.25, 0.3) is 0 Å². The number of hydrogen-bond acceptors (Lipinski definition) is 4. The van der Waals surface area contributed by atoms with Gasteiger partial charge in [-0.1, -0.05) is 30.3 Å². The molecule has 0 saturated heterocycles. The maximum Gasteiger partial charge on any atom is 0.261 e. The molecule has 0 spiro atoms. The number of aryl methyl sites for hydroxylation is 1. The number of nitrogens with one attached hydrogen (secondary N) is 2. The van der Waals surface area contributed by atoms with Gasteiger partial charge in [0.1, 0.15) is 0 Å². The standard InChI is InChI=1S/C20H19N3O3S/c24-20(13-8-16-5-2-1-3-6-16)22-17-9-11-19(12-10-17)27(25,26)23-18-7-4-14-21-15-18/h1-7,9-12,14-15,23H,8,13H2,(H,22,24). The molecule has 0 aliphatic carbocycles. The highest BCUT2D eigenvalue weighted by molar-refractivity contribution is 7.92. The monoisotopic (exact) mass is 381 g/mol. The zero-order valence-corrected chi connectivity index (χ0v) is 15.3. The molecule has 1 amide bonds. The summed E-state index contributed by atoms with van der Waals surface area (Å²) in [6.07, 6.45) is 3.99. The lowest BCUT2D eigenvalue weighted by atomic mass is 10.1. The molecule has 138 valence electrons. The number of hydrogen-bond donors (Lipinski definition) is 2. The van der Waals surface area contributed by atoms with Gasteiger partial charge in [-0.15, -0.1) is 0 Å². The normalized spacial score (nSPS) is 11.0. The number of sulfonamides is 1. The lowest BCUT2D eigenvalue weighted by Crippen LogP contribution is -2.14. The topological polar surface area (TPSA) is 88.2 Å². The molecule has 0 saturated carbocycles. The van der Waals surface area contributed by atoms with Crippen molar-refractivity contribution in [3.05, 3.63) is 84.7 Å². The minimum Gasteiger partial charge on any atom is -0.326 e. The first-order valence-electron chi connectivity index (χ1n) is 8.40. The molecule has 1 aromatic heterocycles. The Kier molecular flexibility index (Phi) is 5.83. The van der Waals surface area contributed by atoms with Crippen LogP contribution in [-0.2, 0) is 21.2 Å². The number of pyridine rings is 1. The zero-order chi connectivity index (χ0) is 19.1. The highest BCUT2D eigenvalue weighted by Crippen LogP contribution is 2.18. The highest BCUT2D eigenvalue weighted by atomic mass is 32.2. The van der Waals surface area contributed by atoms with Crippen LogP contribution in [0.15, 0.2) is 84.0 Å². The van der Waals surface area contributed by atoms with E-state index in [-0.39, 0.29) is 10.8 Å². The summed E-state index contributed by atoms with van der Waals surface area (Å²) in [5, 5.41) is 2.78. The van der Waals surface area contributed by atoms with Crippen molar-refractivity contribution >= 4 is 27.3 Å². The number of anilines is 2. The van der Waals surface area contributed by atoms with Gasteiger partial charge in [0.25, 0.3) is 10.0 Å². The third kappa shape index (κ3) is 5.39. The van der Waals surface area contributed by atoms with Crippen molar-refractivity contribution in [3.8, 4) is 0 Å². The Labute approximate surface area is 158 Å². The molecular formula is C20H19N3O3S. The summed E-state index contributed by atoms with van der Waals surface area (Å²) in [6.45, 7) is 0. The first kappa shape index (κ1) is 18.6. The van der Waals surface area contributed by atoms with E-state index in [1.807, 2.05) is 30.3 Å². The van der Waals surface area contributed by atoms with Crippen LogP contribution < -0.4 is 10.0 Å². The second-order valence-corrected chi connectivity index (χ2v) is 7.59. The summed E-state index contributed by atoms with van der Waals surface area (Å²) in [5.74, 6) is -0.122. The van der Waals surface area contributed by atoms with Gasteiger partial charge in [-0.25, -0.2) is 8.42 Å². The Hall–Kier alpha value is -3.19. The van der Waals surface area contributed by atoms with Crippen LogP contribution in [-0.4, -0.2) is 19.3 Å². The van der Waals surface area contributed by atoms with Crippen molar-refractivity contribution in [2.45, 2.75) is 17.7 Å². The number of aromatic nitrogens is 1. The van der Waals surface area contributed by atoms with Crippen LogP contribution >= 0.6 is 0 Å². The summed E-state index contributed by atoms with van der Waals surface area (Å²) in [7, 11) is -3.71. The molecular weight excluding hydrogens is 362 g/mol. The third-order valence-electron chi connectivity index (χ3n) is 3.85. The van der Waals surface area contributed by atoms with Crippen molar-refractivity contribution in [1.29, 1.82) is 0 Å². The van der Waals surface area contributed by atoms with E-state index in [4.69, 9.17) is 0 Å². The first-order valence-corrected chi connectivity index (χ1v) is 9.88. The minimum absolute atomic E-state index is 0.105. The number of nitrogens with zero attached hydrogens (tertiary/aromatic N) is 1. The summed E-state index contributed by atoms with van der Waals surface area (Å²) in [6, 6.07) is 19.1. The molecule has 7 heteroatoms. The van der Waals surface area contributed by atoms with Crippen LogP contribution in [0.2, 0.25) is 0 Å². The second-order valence-electron chi connectivity index (χ2n) is 5.91. The molecule has 0 bridgehead atoms. The Morgan fingerprint density at radius 1 is 0.889 bits per heavy atom. The van der Waals surface area contributed by atoms with Gasteiger partial charge < -0.3 is 5.32 Å². The summed E-state index contributed by atoms with van der Waals surface area (Å²) in [4.78, 5) is 16.0. The van der Waals surface area contributed by atoms with E-state index in [0.29, 0.717) is 24.2 Å². The molecule has 0 aliphatic heterocycles. The molecule has 0 fully saturated rings. The zero-order valence-electron chi connectivity index (χ0n) is 14.5. The van der Waals surface area contributed by atoms with Crippen LogP contribution in [0, 0.1) is 0 Å². The van der Waals surface area contributed by atoms with Gasteiger partial charge >= 0.3 is 0 Å². The van der Waals surface area contributed by atoms with E-state index in [1.165, 1.54) is 18.3 Å². The lowest BCUT2D eigenvalue weighted by Gasteiger charge is -2.09. The van der Waals surface area contributed by atoms with E-state index in [0.717, 1.165) is 5.56 Å². The number of rotatable bonds is 7. The van der Waals surface area contributed by atoms with Gasteiger partial charge in [0.15, 0.2) is 0 Å². The quantitative estimate of drug-likeness (QED) is 0.656. The van der Waals surface area contributed by atoms with Crippen molar-refractivity contribution in [1.82, 2.24) is 4.98 Å². The molecule has 3 aromatic rings. The van der Waals surface area contributed by atoms with Gasteiger partial charge in [0.2, 0.25) is 5.91 Å². The molecule has 6 nitrogen and oxygen atoms in total. The van der Waals surface area contributed by atoms with E-state index in [9.17, 15) is 13.2 Å². The third-order valence-corrected chi connectivity index (χ3v) is 5.24. The fourth-order valence-electron chi connectivity index (χ4n) is 2.48. The molecule has 2 aromatic carbocycles. The SMILES string of the molecule is O=C(CCc1ccccc1)Nc1ccc(S(=O)(=O)Nc2cccnc2)cc1. The van der Waals surface area contributed by atoms with E-state index >= 15 is 0 Å². The lowest BCUT2D eigenvalue weighted by molar-refractivity contribution is -0.116. The summed E-state index contributed by atoms with van der Waals surface area (Å²) >= 11 is 0. The number of carbonyl (C=O) groups is 1. The van der Waals surface area contributed by atoms with Crippen LogP contribution in [0.1, 0.15) is 12.0 Å². The predicted molar refractivity (Wildman–Crippen MR) is 105 cm³/mol. The number of amides is 1. The maximum atomic E-state index is 12.4. The maximum absolute atomic E-state index is 12.4. The van der Waals surface area contributed by atoms with Crippen LogP contribution in [0.4, 0.5) is 11.4 Å². The second kappa shape index (κ2) is 8.46. The Balaban J connectivity index is 1.59. The number of benzene rings is 2. The average molecular weight is 381 g/mol. The smallest absolute Gasteiger partial charge is 0.261 e. The molecule has 1 heterocycles. The fraction of sp³-hybridized carbons (Fsp3) is 0.100. The predicted octanol–water partition coefficient (Wildman–Crippen LogP) is 3.45. The molecule has 0 unspecified atom stereocenters.